The van der Waals surface area contributed by atoms with E-state index in [0.29, 0.717) is 37.4 Å². The number of nitrogens with two attached hydrogens (primary N) is 1. The summed E-state index contributed by atoms with van der Waals surface area (Å²) in [6, 6.07) is 0.909. The van der Waals surface area contributed by atoms with E-state index in [1.807, 2.05) is 6.92 Å². The van der Waals surface area contributed by atoms with Crippen molar-refractivity contribution in [2.24, 2.45) is 11.7 Å². The largest absolute Gasteiger partial charge is 0.487 e. The van der Waals surface area contributed by atoms with Crippen LogP contribution in [0.5, 0.6) is 5.75 Å². The monoisotopic (exact) mass is 553 g/mol. The summed E-state index contributed by atoms with van der Waals surface area (Å²) < 4.78 is 74.9. The normalized spacial score (nSPS) is 24.7. The van der Waals surface area contributed by atoms with Gasteiger partial charge < -0.3 is 15.4 Å². The average Bonchev–Trinajstić information content (AvgIpc) is 3.58. The van der Waals surface area contributed by atoms with Crippen molar-refractivity contribution in [3.05, 3.63) is 47.5 Å². The Labute approximate surface area is 221 Å². The van der Waals surface area contributed by atoms with Gasteiger partial charge >= 0.3 is 0 Å². The standard InChI is InChI=1S/C26H34F3N5O3S/c1-16(17-6-8-34(9-7-17)38(35,36)19-4-2-3-5-19)37-18-12-31-26(32-13-18)33-14-21(25(30)15-33)20-10-23(28)24(29)11-22(20)27/h10-13,16-17,19,21,25H,2-9,14-15,30H2,1H3/t16-,21+,25-/m0/s1. The molecule has 0 spiro atoms. The van der Waals surface area contributed by atoms with E-state index < -0.39 is 39.4 Å². The van der Waals surface area contributed by atoms with Crippen molar-refractivity contribution in [2.75, 3.05) is 31.1 Å². The first-order valence-electron chi connectivity index (χ1n) is 13.3. The van der Waals surface area contributed by atoms with E-state index in [-0.39, 0.29) is 29.4 Å². The second kappa shape index (κ2) is 11.0. The van der Waals surface area contributed by atoms with Crippen LogP contribution >= 0.6 is 0 Å². The number of hydrogen-bond donors (Lipinski definition) is 1. The second-order valence-corrected chi connectivity index (χ2v) is 12.9. The van der Waals surface area contributed by atoms with Crippen molar-refractivity contribution >= 4 is 16.0 Å². The minimum atomic E-state index is -3.21. The Bertz CT molecular complexity index is 1240. The lowest BCUT2D eigenvalue weighted by Gasteiger charge is -2.35. The zero-order valence-corrected chi connectivity index (χ0v) is 22.2. The highest BCUT2D eigenvalue weighted by molar-refractivity contribution is 7.89. The highest BCUT2D eigenvalue weighted by atomic mass is 32.2. The Kier molecular flexibility index (Phi) is 7.84. The van der Waals surface area contributed by atoms with E-state index in [1.165, 1.54) is 0 Å². The van der Waals surface area contributed by atoms with Gasteiger partial charge in [-0.25, -0.2) is 35.9 Å². The quantitative estimate of drug-likeness (QED) is 0.523. The van der Waals surface area contributed by atoms with Crippen LogP contribution in [-0.4, -0.2) is 66.3 Å². The maximum Gasteiger partial charge on any atom is 0.225 e. The number of benzene rings is 1. The molecule has 208 valence electrons. The molecule has 0 unspecified atom stereocenters. The van der Waals surface area contributed by atoms with E-state index in [1.54, 1.807) is 21.6 Å². The molecule has 3 heterocycles. The number of hydrogen-bond acceptors (Lipinski definition) is 7. The lowest BCUT2D eigenvalue weighted by atomic mass is 9.93. The van der Waals surface area contributed by atoms with Gasteiger partial charge in [-0.15, -0.1) is 0 Å². The molecule has 1 saturated carbocycles. The topological polar surface area (TPSA) is 102 Å². The third-order valence-corrected chi connectivity index (χ3v) is 10.7. The molecule has 0 bridgehead atoms. The predicted octanol–water partition coefficient (Wildman–Crippen LogP) is 3.58. The van der Waals surface area contributed by atoms with Gasteiger partial charge in [0, 0.05) is 44.2 Å². The number of sulfonamides is 1. The van der Waals surface area contributed by atoms with Crippen LogP contribution in [0.1, 0.15) is 56.9 Å². The van der Waals surface area contributed by atoms with Crippen LogP contribution in [0.15, 0.2) is 24.5 Å². The van der Waals surface area contributed by atoms with Crippen LogP contribution in [-0.2, 0) is 10.0 Å². The lowest BCUT2D eigenvalue weighted by Crippen LogP contribution is -2.44. The Hall–Kier alpha value is -2.44. The molecule has 38 heavy (non-hydrogen) atoms. The van der Waals surface area contributed by atoms with Crippen molar-refractivity contribution in [1.29, 1.82) is 0 Å². The fourth-order valence-electron chi connectivity index (χ4n) is 5.98. The first-order chi connectivity index (χ1) is 18.1. The molecule has 1 aromatic carbocycles. The van der Waals surface area contributed by atoms with Crippen molar-refractivity contribution in [3.63, 3.8) is 0 Å². The summed E-state index contributed by atoms with van der Waals surface area (Å²) >= 11 is 0. The van der Waals surface area contributed by atoms with Crippen molar-refractivity contribution in [3.8, 4) is 5.75 Å². The first-order valence-corrected chi connectivity index (χ1v) is 14.8. The summed E-state index contributed by atoms with van der Waals surface area (Å²) in [7, 11) is -3.21. The fraction of sp³-hybridized carbons (Fsp3) is 0.615. The molecule has 3 atom stereocenters. The molecule has 3 aliphatic rings. The fourth-order valence-corrected chi connectivity index (χ4v) is 8.06. The maximum absolute atomic E-state index is 14.3. The number of nitrogens with zero attached hydrogens (tertiary/aromatic N) is 4. The van der Waals surface area contributed by atoms with Gasteiger partial charge in [-0.1, -0.05) is 12.8 Å². The number of anilines is 1. The summed E-state index contributed by atoms with van der Waals surface area (Å²) in [6.45, 7) is 3.60. The van der Waals surface area contributed by atoms with Crippen LogP contribution in [0.2, 0.25) is 0 Å². The Balaban J connectivity index is 1.15. The van der Waals surface area contributed by atoms with Crippen molar-refractivity contribution < 1.29 is 26.3 Å². The number of piperidine rings is 1. The zero-order valence-electron chi connectivity index (χ0n) is 21.4. The SMILES string of the molecule is C[C@H](Oc1cnc(N2C[C@H](c3cc(F)c(F)cc3F)[C@@H](N)C2)nc1)C1CCN(S(=O)(=O)C2CCCC2)CC1. The lowest BCUT2D eigenvalue weighted by molar-refractivity contribution is 0.110. The van der Waals surface area contributed by atoms with E-state index in [9.17, 15) is 21.6 Å². The molecular formula is C26H34F3N5O3S. The van der Waals surface area contributed by atoms with Gasteiger partial charge in [-0.3, -0.25) is 0 Å². The molecule has 1 aromatic heterocycles. The minimum absolute atomic E-state index is 0.0368. The molecule has 0 radical (unpaired) electrons. The van der Waals surface area contributed by atoms with Gasteiger partial charge in [0.1, 0.15) is 5.82 Å². The number of ether oxygens (including phenoxy) is 1. The highest BCUT2D eigenvalue weighted by Gasteiger charge is 2.38. The molecular weight excluding hydrogens is 519 g/mol. The number of rotatable bonds is 7. The number of aromatic nitrogens is 2. The number of halogens is 3. The summed E-state index contributed by atoms with van der Waals surface area (Å²) in [5, 5.41) is -0.222. The molecule has 2 aromatic rings. The Morgan fingerprint density at radius 3 is 2.26 bits per heavy atom. The van der Waals surface area contributed by atoms with Gasteiger partial charge in [0.25, 0.3) is 0 Å². The summed E-state index contributed by atoms with van der Waals surface area (Å²) in [4.78, 5) is 10.5. The summed E-state index contributed by atoms with van der Waals surface area (Å²) in [5.74, 6) is -2.61. The van der Waals surface area contributed by atoms with E-state index >= 15 is 0 Å². The Morgan fingerprint density at radius 1 is 0.974 bits per heavy atom. The van der Waals surface area contributed by atoms with Gasteiger partial charge in [0.05, 0.1) is 23.7 Å². The first kappa shape index (κ1) is 27.1. The van der Waals surface area contributed by atoms with Crippen molar-refractivity contribution in [2.45, 2.75) is 68.8 Å². The molecule has 5 rings (SSSR count). The maximum atomic E-state index is 14.3. The summed E-state index contributed by atoms with van der Waals surface area (Å²) in [5.41, 5.74) is 6.24. The van der Waals surface area contributed by atoms with Gasteiger partial charge in [0.15, 0.2) is 17.4 Å². The second-order valence-electron chi connectivity index (χ2n) is 10.7. The van der Waals surface area contributed by atoms with Gasteiger partial charge in [0.2, 0.25) is 16.0 Å². The summed E-state index contributed by atoms with van der Waals surface area (Å²) in [6.07, 6.45) is 7.98. The van der Waals surface area contributed by atoms with E-state index in [4.69, 9.17) is 10.5 Å². The van der Waals surface area contributed by atoms with E-state index in [2.05, 4.69) is 9.97 Å². The molecule has 0 amide bonds. The van der Waals surface area contributed by atoms with Gasteiger partial charge in [-0.05, 0) is 50.2 Å². The highest BCUT2D eigenvalue weighted by Crippen LogP contribution is 2.33. The molecule has 12 heteroatoms. The Morgan fingerprint density at radius 2 is 1.61 bits per heavy atom. The smallest absolute Gasteiger partial charge is 0.225 e. The minimum Gasteiger partial charge on any atom is -0.487 e. The molecule has 2 saturated heterocycles. The third-order valence-electron chi connectivity index (χ3n) is 8.27. The molecule has 3 fully saturated rings. The molecule has 8 nitrogen and oxygen atoms in total. The van der Waals surface area contributed by atoms with Crippen LogP contribution in [0.4, 0.5) is 19.1 Å². The molecule has 2 aliphatic heterocycles. The molecule has 1 aliphatic carbocycles. The average molecular weight is 554 g/mol. The van der Waals surface area contributed by atoms with E-state index in [0.717, 1.165) is 44.6 Å². The van der Waals surface area contributed by atoms with Crippen LogP contribution < -0.4 is 15.4 Å². The molecule has 2 N–H and O–H groups in total. The van der Waals surface area contributed by atoms with Crippen molar-refractivity contribution in [1.82, 2.24) is 14.3 Å². The van der Waals surface area contributed by atoms with Crippen LogP contribution in [0.3, 0.4) is 0 Å². The third kappa shape index (κ3) is 5.48. The zero-order chi connectivity index (χ0) is 27.0. The van der Waals surface area contributed by atoms with Gasteiger partial charge in [-0.2, -0.15) is 0 Å². The van der Waals surface area contributed by atoms with Crippen LogP contribution in [0.25, 0.3) is 0 Å². The predicted molar refractivity (Wildman–Crippen MR) is 137 cm³/mol. The van der Waals surface area contributed by atoms with Crippen LogP contribution in [0, 0.1) is 23.4 Å².